The van der Waals surface area contributed by atoms with Crippen LogP contribution in [0.4, 0.5) is 16.0 Å². The van der Waals surface area contributed by atoms with Gasteiger partial charge in [-0.25, -0.2) is 9.37 Å². The molecule has 4 heterocycles. The molecule has 2 atom stereocenters. The number of aliphatic hydroxyl groups is 1. The fraction of sp³-hybridized carbons (Fsp3) is 0.292. The predicted octanol–water partition coefficient (Wildman–Crippen LogP) is 2.50. The Labute approximate surface area is 190 Å². The molecule has 0 bridgehead atoms. The topological polar surface area (TPSA) is 99.6 Å². The number of fused-ring (bicyclic) bond motifs is 1. The van der Waals surface area contributed by atoms with Crippen molar-refractivity contribution >= 4 is 17.5 Å². The van der Waals surface area contributed by atoms with Crippen molar-refractivity contribution in [1.29, 1.82) is 0 Å². The van der Waals surface area contributed by atoms with Gasteiger partial charge in [-0.05, 0) is 42.8 Å². The fourth-order valence-electron chi connectivity index (χ4n) is 4.40. The molecule has 8 nitrogen and oxygen atoms in total. The Bertz CT molecular complexity index is 1230. The number of aliphatic hydroxyl groups excluding tert-OH is 1. The molecule has 0 unspecified atom stereocenters. The van der Waals surface area contributed by atoms with Gasteiger partial charge in [-0.3, -0.25) is 14.7 Å². The first-order chi connectivity index (χ1) is 16.0. The molecule has 3 aromatic rings. The molecule has 0 radical (unpaired) electrons. The molecule has 0 aliphatic carbocycles. The highest BCUT2D eigenvalue weighted by Crippen LogP contribution is 2.38. The van der Waals surface area contributed by atoms with Crippen molar-refractivity contribution in [3.8, 4) is 17.0 Å². The number of halogens is 1. The van der Waals surface area contributed by atoms with Gasteiger partial charge in [-0.2, -0.15) is 0 Å². The number of nitrogens with zero attached hydrogens (tertiary/aromatic N) is 3. The first-order valence-corrected chi connectivity index (χ1v) is 10.7. The summed E-state index contributed by atoms with van der Waals surface area (Å²) in [6.07, 6.45) is 0.991. The van der Waals surface area contributed by atoms with E-state index in [0.29, 0.717) is 47.3 Å². The number of β-amino-alcohol motifs (C(OH)–C–C–N with tert-alkyl or cyclic N) is 1. The van der Waals surface area contributed by atoms with Crippen molar-refractivity contribution < 1.29 is 19.0 Å². The number of nitrogens with one attached hydrogen (secondary N) is 2. The van der Waals surface area contributed by atoms with Gasteiger partial charge in [0.15, 0.2) is 0 Å². The number of amides is 1. The van der Waals surface area contributed by atoms with E-state index >= 15 is 0 Å². The molecule has 9 heteroatoms. The first-order valence-electron chi connectivity index (χ1n) is 10.7. The standard InChI is InChI=1S/C24H24FN5O3/c1-13-8-20(28-17-10-26-11-18(17)31)29-21(9-13)30-12-15-14(24(30)32)6-7-27-23(15)22-16(25)4-3-5-19(22)33-2/h3-9,17-18,26,31H,10-12H2,1-2H3,(H,28,29)/t17-,18-/m1/s1. The van der Waals surface area contributed by atoms with Gasteiger partial charge in [-0.1, -0.05) is 6.07 Å². The number of carbonyl (C=O) groups excluding carboxylic acids is 1. The molecule has 1 fully saturated rings. The van der Waals surface area contributed by atoms with Crippen LogP contribution in [0, 0.1) is 12.7 Å². The minimum atomic E-state index is -0.516. The highest BCUT2D eigenvalue weighted by atomic mass is 19.1. The van der Waals surface area contributed by atoms with Crippen LogP contribution in [0.3, 0.4) is 0 Å². The molecular weight excluding hydrogens is 425 g/mol. The second kappa shape index (κ2) is 8.42. The number of hydrogen-bond donors (Lipinski definition) is 3. The molecule has 2 aliphatic rings. The van der Waals surface area contributed by atoms with E-state index in [0.717, 1.165) is 5.56 Å². The summed E-state index contributed by atoms with van der Waals surface area (Å²) in [5.41, 5.74) is 2.61. The van der Waals surface area contributed by atoms with Gasteiger partial charge in [0.25, 0.3) is 5.91 Å². The second-order valence-corrected chi connectivity index (χ2v) is 8.26. The molecule has 33 heavy (non-hydrogen) atoms. The minimum Gasteiger partial charge on any atom is -0.496 e. The lowest BCUT2D eigenvalue weighted by Crippen LogP contribution is -2.32. The fourth-order valence-corrected chi connectivity index (χ4v) is 4.40. The number of aromatic nitrogens is 2. The van der Waals surface area contributed by atoms with Gasteiger partial charge in [0.1, 0.15) is 23.2 Å². The maximum atomic E-state index is 14.8. The number of ether oxygens (including phenoxy) is 1. The predicted molar refractivity (Wildman–Crippen MR) is 122 cm³/mol. The molecule has 2 aromatic heterocycles. The third kappa shape index (κ3) is 3.79. The van der Waals surface area contributed by atoms with Crippen LogP contribution in [-0.4, -0.2) is 53.3 Å². The molecule has 2 aliphatic heterocycles. The lowest BCUT2D eigenvalue weighted by molar-refractivity contribution is 0.0996. The van der Waals surface area contributed by atoms with E-state index in [1.807, 2.05) is 19.1 Å². The van der Waals surface area contributed by atoms with E-state index in [9.17, 15) is 14.3 Å². The third-order valence-electron chi connectivity index (χ3n) is 6.03. The van der Waals surface area contributed by atoms with Crippen LogP contribution in [-0.2, 0) is 6.54 Å². The maximum absolute atomic E-state index is 14.8. The Morgan fingerprint density at radius 3 is 2.88 bits per heavy atom. The van der Waals surface area contributed by atoms with Gasteiger partial charge in [-0.15, -0.1) is 0 Å². The Balaban J connectivity index is 1.51. The van der Waals surface area contributed by atoms with Crippen LogP contribution in [0.15, 0.2) is 42.6 Å². The summed E-state index contributed by atoms with van der Waals surface area (Å²) in [7, 11) is 1.47. The van der Waals surface area contributed by atoms with E-state index in [1.54, 1.807) is 23.1 Å². The molecule has 5 rings (SSSR count). The van der Waals surface area contributed by atoms with Crippen molar-refractivity contribution in [3.05, 3.63) is 65.1 Å². The molecular formula is C24H24FN5O3. The third-order valence-corrected chi connectivity index (χ3v) is 6.03. The lowest BCUT2D eigenvalue weighted by Gasteiger charge is -2.20. The number of methoxy groups -OCH3 is 1. The number of rotatable bonds is 5. The van der Waals surface area contributed by atoms with Gasteiger partial charge in [0, 0.05) is 30.4 Å². The Morgan fingerprint density at radius 1 is 1.27 bits per heavy atom. The van der Waals surface area contributed by atoms with Crippen LogP contribution >= 0.6 is 0 Å². The summed E-state index contributed by atoms with van der Waals surface area (Å²) in [5.74, 6) is 0.715. The largest absolute Gasteiger partial charge is 0.496 e. The maximum Gasteiger partial charge on any atom is 0.260 e. The molecule has 1 aromatic carbocycles. The summed E-state index contributed by atoms with van der Waals surface area (Å²) in [6, 6.07) is 9.77. The van der Waals surface area contributed by atoms with Gasteiger partial charge in [0.2, 0.25) is 0 Å². The average Bonchev–Trinajstić information content (AvgIpc) is 3.36. The lowest BCUT2D eigenvalue weighted by atomic mass is 10.0. The van der Waals surface area contributed by atoms with E-state index in [-0.39, 0.29) is 24.1 Å². The molecule has 0 saturated carbocycles. The first kappa shape index (κ1) is 21.3. The number of benzene rings is 1. The average molecular weight is 449 g/mol. The van der Waals surface area contributed by atoms with E-state index in [1.165, 1.54) is 19.4 Å². The van der Waals surface area contributed by atoms with Crippen molar-refractivity contribution in [2.45, 2.75) is 25.6 Å². The number of aryl methyl sites for hydroxylation is 1. The van der Waals surface area contributed by atoms with Crippen molar-refractivity contribution in [3.63, 3.8) is 0 Å². The van der Waals surface area contributed by atoms with Crippen LogP contribution in [0.5, 0.6) is 5.75 Å². The SMILES string of the molecule is COc1cccc(F)c1-c1nccc2c1CN(c1cc(C)cc(N[C@@H]3CNC[C@H]3O)n1)C2=O. The number of pyridine rings is 2. The smallest absolute Gasteiger partial charge is 0.260 e. The number of hydrogen-bond acceptors (Lipinski definition) is 7. The highest BCUT2D eigenvalue weighted by Gasteiger charge is 2.34. The number of carbonyl (C=O) groups is 1. The molecule has 1 saturated heterocycles. The van der Waals surface area contributed by atoms with Gasteiger partial charge >= 0.3 is 0 Å². The number of anilines is 2. The van der Waals surface area contributed by atoms with E-state index < -0.39 is 11.9 Å². The van der Waals surface area contributed by atoms with Crippen molar-refractivity contribution in [1.82, 2.24) is 15.3 Å². The Morgan fingerprint density at radius 2 is 2.12 bits per heavy atom. The van der Waals surface area contributed by atoms with Crippen LogP contribution in [0.25, 0.3) is 11.3 Å². The molecule has 1 amide bonds. The summed E-state index contributed by atoms with van der Waals surface area (Å²) in [5, 5.41) is 16.5. The second-order valence-electron chi connectivity index (χ2n) is 8.26. The van der Waals surface area contributed by atoms with Crippen molar-refractivity contribution in [2.24, 2.45) is 0 Å². The van der Waals surface area contributed by atoms with Gasteiger partial charge in [0.05, 0.1) is 37.1 Å². The minimum absolute atomic E-state index is 0.164. The van der Waals surface area contributed by atoms with Crippen LogP contribution in [0.2, 0.25) is 0 Å². The molecule has 170 valence electrons. The zero-order valence-electron chi connectivity index (χ0n) is 18.3. The highest BCUT2D eigenvalue weighted by molar-refractivity contribution is 6.10. The van der Waals surface area contributed by atoms with E-state index in [2.05, 4.69) is 20.6 Å². The van der Waals surface area contributed by atoms with E-state index in [4.69, 9.17) is 4.74 Å². The Kier molecular flexibility index (Phi) is 5.43. The summed E-state index contributed by atoms with van der Waals surface area (Å²) in [4.78, 5) is 23.9. The Hall–Kier alpha value is -3.56. The zero-order valence-corrected chi connectivity index (χ0v) is 18.3. The van der Waals surface area contributed by atoms with Crippen molar-refractivity contribution in [2.75, 3.05) is 30.4 Å². The molecule has 3 N–H and O–H groups in total. The van der Waals surface area contributed by atoms with Crippen LogP contribution < -0.4 is 20.3 Å². The summed E-state index contributed by atoms with van der Waals surface area (Å²) >= 11 is 0. The quantitative estimate of drug-likeness (QED) is 0.550. The van der Waals surface area contributed by atoms with Crippen LogP contribution in [0.1, 0.15) is 21.5 Å². The molecule has 0 spiro atoms. The summed E-state index contributed by atoms with van der Waals surface area (Å²) in [6.45, 7) is 3.27. The summed E-state index contributed by atoms with van der Waals surface area (Å²) < 4.78 is 20.1. The zero-order chi connectivity index (χ0) is 23.1. The normalized spacial score (nSPS) is 19.6. The van der Waals surface area contributed by atoms with Gasteiger partial charge < -0.3 is 20.5 Å². The monoisotopic (exact) mass is 449 g/mol.